The van der Waals surface area contributed by atoms with E-state index in [1.54, 1.807) is 18.2 Å². The van der Waals surface area contributed by atoms with Crippen LogP contribution in [0.15, 0.2) is 42.6 Å². The van der Waals surface area contributed by atoms with Gasteiger partial charge in [0.2, 0.25) is 0 Å². The molecular weight excluding hydrogens is 317 g/mol. The highest BCUT2D eigenvalue weighted by Crippen LogP contribution is 2.33. The molecule has 1 aromatic carbocycles. The smallest absolute Gasteiger partial charge is 0.160 e. The van der Waals surface area contributed by atoms with Crippen LogP contribution in [0.25, 0.3) is 22.3 Å². The second-order valence-electron chi connectivity index (χ2n) is 6.56. The molecule has 0 bridgehead atoms. The number of aromatic amines is 1. The van der Waals surface area contributed by atoms with Crippen LogP contribution in [0.4, 0.5) is 10.2 Å². The summed E-state index contributed by atoms with van der Waals surface area (Å²) in [5.41, 5.74) is 9.37. The van der Waals surface area contributed by atoms with Crippen molar-refractivity contribution >= 4 is 16.9 Å². The third kappa shape index (κ3) is 3.33. The first-order valence-corrected chi connectivity index (χ1v) is 8.42. The summed E-state index contributed by atoms with van der Waals surface area (Å²) in [5, 5.41) is 5.65. The van der Waals surface area contributed by atoms with Crippen LogP contribution in [-0.4, -0.2) is 19.7 Å². The number of anilines is 1. The van der Waals surface area contributed by atoms with E-state index in [1.165, 1.54) is 25.0 Å². The lowest BCUT2D eigenvalue weighted by molar-refractivity contribution is 0.578. The molecule has 1 aliphatic rings. The van der Waals surface area contributed by atoms with Crippen LogP contribution in [0.3, 0.4) is 0 Å². The molecule has 0 amide bonds. The zero-order chi connectivity index (χ0) is 17.4. The van der Waals surface area contributed by atoms with Crippen molar-refractivity contribution in [3.05, 3.63) is 54.1 Å². The lowest BCUT2D eigenvalue weighted by atomic mass is 10.1. The Balaban J connectivity index is 2.00. The van der Waals surface area contributed by atoms with Crippen LogP contribution >= 0.6 is 0 Å². The highest BCUT2D eigenvalue weighted by atomic mass is 19.1. The number of hydrogen-bond donors (Lipinski definition) is 2. The van der Waals surface area contributed by atoms with Gasteiger partial charge in [-0.15, -0.1) is 0 Å². The molecule has 3 aromatic rings. The van der Waals surface area contributed by atoms with Crippen LogP contribution in [0, 0.1) is 18.7 Å². The van der Waals surface area contributed by atoms with E-state index in [1.807, 2.05) is 23.9 Å². The van der Waals surface area contributed by atoms with Gasteiger partial charge in [-0.2, -0.15) is 5.10 Å². The van der Waals surface area contributed by atoms with Gasteiger partial charge >= 0.3 is 0 Å². The van der Waals surface area contributed by atoms with E-state index in [0.717, 1.165) is 34.5 Å². The van der Waals surface area contributed by atoms with Gasteiger partial charge in [0.25, 0.3) is 0 Å². The van der Waals surface area contributed by atoms with Gasteiger partial charge in [0.05, 0.1) is 0 Å². The lowest BCUT2D eigenvalue weighted by Crippen LogP contribution is -2.03. The van der Waals surface area contributed by atoms with Gasteiger partial charge in [0.1, 0.15) is 17.3 Å². The standard InChI is InChI=1S/C19H20FN5/c1-12-10-17(21)23-19-16(8-9-22-12)18(14-4-6-15(20)7-5-14)24-25(19)11-13-2-3-13/h4-10,13,22H,2-3,11H2,1H3,(H2,21,23). The first kappa shape index (κ1) is 15.6. The Morgan fingerprint density at radius 1 is 1.24 bits per heavy atom. The van der Waals surface area contributed by atoms with Gasteiger partial charge in [-0.3, -0.25) is 0 Å². The molecule has 25 heavy (non-hydrogen) atoms. The summed E-state index contributed by atoms with van der Waals surface area (Å²) >= 11 is 0. The van der Waals surface area contributed by atoms with Crippen molar-refractivity contribution in [1.82, 2.24) is 19.7 Å². The van der Waals surface area contributed by atoms with Crippen molar-refractivity contribution in [1.29, 1.82) is 0 Å². The monoisotopic (exact) mass is 337 g/mol. The Morgan fingerprint density at radius 3 is 2.72 bits per heavy atom. The molecule has 4 rings (SSSR count). The average molecular weight is 337 g/mol. The number of fused-ring (bicyclic) bond motifs is 1. The first-order valence-electron chi connectivity index (χ1n) is 8.42. The van der Waals surface area contributed by atoms with E-state index in [2.05, 4.69) is 9.97 Å². The zero-order valence-corrected chi connectivity index (χ0v) is 14.0. The van der Waals surface area contributed by atoms with Gasteiger partial charge < -0.3 is 10.7 Å². The molecule has 0 saturated heterocycles. The quantitative estimate of drug-likeness (QED) is 0.759. The SMILES string of the molecule is Cc1cc(N)nc2c(cc[nH]1)c(-c1ccc(F)cc1)nn2CC1CC1. The summed E-state index contributed by atoms with van der Waals surface area (Å²) < 4.78 is 15.2. The number of nitrogens with two attached hydrogens (primary N) is 1. The second kappa shape index (κ2) is 6.20. The third-order valence-electron chi connectivity index (χ3n) is 4.37. The number of halogens is 1. The zero-order valence-electron chi connectivity index (χ0n) is 14.0. The predicted octanol–water partition coefficient (Wildman–Crippen LogP) is 3.99. The lowest BCUT2D eigenvalue weighted by Gasteiger charge is -2.00. The van der Waals surface area contributed by atoms with Gasteiger partial charge in [-0.25, -0.2) is 14.1 Å². The minimum atomic E-state index is -0.264. The van der Waals surface area contributed by atoms with Crippen LogP contribution in [0.5, 0.6) is 0 Å². The fourth-order valence-electron chi connectivity index (χ4n) is 2.91. The van der Waals surface area contributed by atoms with E-state index in [0.29, 0.717) is 11.7 Å². The third-order valence-corrected chi connectivity index (χ3v) is 4.37. The fraction of sp³-hybridized carbons (Fsp3) is 0.263. The minimum Gasteiger partial charge on any atom is -0.384 e. The maximum absolute atomic E-state index is 13.3. The molecule has 128 valence electrons. The number of hydrogen-bond acceptors (Lipinski definition) is 3. The average Bonchev–Trinajstić information content (AvgIpc) is 3.32. The fourth-order valence-corrected chi connectivity index (χ4v) is 2.91. The van der Waals surface area contributed by atoms with Crippen molar-refractivity contribution in [3.8, 4) is 11.3 Å². The molecule has 1 aliphatic carbocycles. The van der Waals surface area contributed by atoms with Crippen molar-refractivity contribution in [3.63, 3.8) is 0 Å². The van der Waals surface area contributed by atoms with Gasteiger partial charge in [-0.1, -0.05) is 0 Å². The molecule has 0 atom stereocenters. The van der Waals surface area contributed by atoms with Crippen LogP contribution in [-0.2, 0) is 6.54 Å². The molecule has 2 heterocycles. The van der Waals surface area contributed by atoms with E-state index in [4.69, 9.17) is 10.8 Å². The molecule has 0 spiro atoms. The topological polar surface area (TPSA) is 72.5 Å². The molecule has 3 N–H and O–H groups in total. The summed E-state index contributed by atoms with van der Waals surface area (Å²) in [7, 11) is 0. The van der Waals surface area contributed by atoms with E-state index < -0.39 is 0 Å². The molecule has 0 aliphatic heterocycles. The largest absolute Gasteiger partial charge is 0.384 e. The number of aromatic nitrogens is 4. The van der Waals surface area contributed by atoms with Gasteiger partial charge in [-0.05, 0) is 62.1 Å². The van der Waals surface area contributed by atoms with Crippen LogP contribution < -0.4 is 5.73 Å². The van der Waals surface area contributed by atoms with Crippen molar-refractivity contribution < 1.29 is 4.39 Å². The summed E-state index contributed by atoms with van der Waals surface area (Å²) in [6.45, 7) is 2.75. The van der Waals surface area contributed by atoms with E-state index >= 15 is 0 Å². The van der Waals surface area contributed by atoms with Gasteiger partial charge in [0.15, 0.2) is 5.65 Å². The maximum Gasteiger partial charge on any atom is 0.160 e. The van der Waals surface area contributed by atoms with Gasteiger partial charge in [0, 0.05) is 29.4 Å². The Labute approximate surface area is 145 Å². The predicted molar refractivity (Wildman–Crippen MR) is 96.8 cm³/mol. The van der Waals surface area contributed by atoms with Crippen molar-refractivity contribution in [2.75, 3.05) is 5.73 Å². The molecule has 1 saturated carbocycles. The summed E-state index contributed by atoms with van der Waals surface area (Å²) in [6, 6.07) is 10.1. The highest BCUT2D eigenvalue weighted by Gasteiger charge is 2.24. The van der Waals surface area contributed by atoms with Crippen LogP contribution in [0.1, 0.15) is 18.5 Å². The second-order valence-corrected chi connectivity index (χ2v) is 6.56. The van der Waals surface area contributed by atoms with Crippen LogP contribution in [0.2, 0.25) is 0 Å². The molecule has 5 nitrogen and oxygen atoms in total. The van der Waals surface area contributed by atoms with E-state index in [9.17, 15) is 4.39 Å². The molecule has 2 aromatic heterocycles. The number of benzene rings is 1. The molecule has 1 fully saturated rings. The maximum atomic E-state index is 13.3. The minimum absolute atomic E-state index is 0.264. The Bertz CT molecular complexity index is 965. The summed E-state index contributed by atoms with van der Waals surface area (Å²) in [6.07, 6.45) is 4.29. The summed E-state index contributed by atoms with van der Waals surface area (Å²) in [5.74, 6) is 0.811. The highest BCUT2D eigenvalue weighted by molar-refractivity contribution is 5.90. The molecule has 6 heteroatoms. The number of H-pyrrole nitrogens is 1. The number of nitrogens with one attached hydrogen (secondary N) is 1. The Morgan fingerprint density at radius 2 is 2.00 bits per heavy atom. The van der Waals surface area contributed by atoms with E-state index in [-0.39, 0.29) is 5.82 Å². The first-order chi connectivity index (χ1) is 12.1. The number of nitrogens with zero attached hydrogens (tertiary/aromatic N) is 3. The number of nitrogen functional groups attached to an aromatic ring is 1. The normalized spacial score (nSPS) is 13.8. The summed E-state index contributed by atoms with van der Waals surface area (Å²) in [4.78, 5) is 7.78. The number of aryl methyl sites for hydroxylation is 1. The van der Waals surface area contributed by atoms with Crippen molar-refractivity contribution in [2.24, 2.45) is 5.92 Å². The Kier molecular flexibility index (Phi) is 3.87. The molecule has 0 radical (unpaired) electrons. The molecule has 0 unspecified atom stereocenters. The molecular formula is C19H20FN5. The number of rotatable bonds is 3. The van der Waals surface area contributed by atoms with Crippen molar-refractivity contribution in [2.45, 2.75) is 26.3 Å². The Hall–Kier alpha value is -2.89.